The molecule has 3 aromatic rings. The Labute approximate surface area is 150 Å². The molecule has 0 unspecified atom stereocenters. The van der Waals surface area contributed by atoms with Crippen LogP contribution in [0.4, 0.5) is 11.7 Å². The third-order valence-corrected chi connectivity index (χ3v) is 4.68. The predicted octanol–water partition coefficient (Wildman–Crippen LogP) is 1.36. The average molecular weight is 355 g/mol. The zero-order valence-corrected chi connectivity index (χ0v) is 14.7. The minimum atomic E-state index is -0.0349. The van der Waals surface area contributed by atoms with Crippen LogP contribution >= 0.6 is 0 Å². The second kappa shape index (κ2) is 7.17. The van der Waals surface area contributed by atoms with Crippen molar-refractivity contribution in [3.63, 3.8) is 0 Å². The number of hydrogen-bond acceptors (Lipinski definition) is 7. The molecular formula is C18H21N5O3. The van der Waals surface area contributed by atoms with Gasteiger partial charge in [0, 0.05) is 39.0 Å². The lowest BCUT2D eigenvalue weighted by Gasteiger charge is -2.35. The number of oxazole rings is 1. The molecule has 0 atom stereocenters. The highest BCUT2D eigenvalue weighted by Gasteiger charge is 2.20. The highest BCUT2D eigenvalue weighted by Crippen LogP contribution is 2.22. The fourth-order valence-electron chi connectivity index (χ4n) is 3.22. The highest BCUT2D eigenvalue weighted by atomic mass is 16.5. The Bertz CT molecular complexity index is 930. The molecule has 1 aromatic carbocycles. The first kappa shape index (κ1) is 16.6. The number of piperazine rings is 1. The second-order valence-corrected chi connectivity index (χ2v) is 6.23. The normalized spacial score (nSPS) is 15.0. The van der Waals surface area contributed by atoms with Crippen molar-refractivity contribution in [2.24, 2.45) is 0 Å². The summed E-state index contributed by atoms with van der Waals surface area (Å²) in [5.74, 6) is 0. The van der Waals surface area contributed by atoms with E-state index >= 15 is 0 Å². The van der Waals surface area contributed by atoms with E-state index in [1.54, 1.807) is 30.5 Å². The number of methoxy groups -OCH3 is 1. The van der Waals surface area contributed by atoms with Crippen LogP contribution in [0.25, 0.3) is 10.9 Å². The minimum absolute atomic E-state index is 0.0349. The molecular weight excluding hydrogens is 334 g/mol. The molecule has 1 fully saturated rings. The maximum Gasteiger partial charge on any atom is 0.297 e. The van der Waals surface area contributed by atoms with Gasteiger partial charge in [-0.15, -0.1) is 0 Å². The van der Waals surface area contributed by atoms with Crippen molar-refractivity contribution in [3.05, 3.63) is 47.3 Å². The Morgan fingerprint density at radius 1 is 1.15 bits per heavy atom. The Hall–Kier alpha value is -2.87. The molecule has 0 bridgehead atoms. The molecule has 4 rings (SSSR count). The van der Waals surface area contributed by atoms with E-state index in [0.29, 0.717) is 24.6 Å². The van der Waals surface area contributed by atoms with Gasteiger partial charge in [0.15, 0.2) is 0 Å². The number of rotatable bonds is 5. The summed E-state index contributed by atoms with van der Waals surface area (Å²) in [6.07, 6.45) is 4.85. The number of ether oxygens (including phenoxy) is 1. The summed E-state index contributed by atoms with van der Waals surface area (Å²) in [5, 5.41) is 0.630. The molecule has 1 aliphatic heterocycles. The van der Waals surface area contributed by atoms with Gasteiger partial charge in [-0.3, -0.25) is 9.36 Å². The van der Waals surface area contributed by atoms with Gasteiger partial charge in [-0.1, -0.05) is 0 Å². The molecule has 2 aromatic heterocycles. The zero-order chi connectivity index (χ0) is 17.9. The van der Waals surface area contributed by atoms with Crippen molar-refractivity contribution >= 4 is 22.6 Å². The average Bonchev–Trinajstić information content (AvgIpc) is 3.22. The van der Waals surface area contributed by atoms with E-state index in [9.17, 15) is 4.79 Å². The molecule has 136 valence electrons. The van der Waals surface area contributed by atoms with E-state index in [0.717, 1.165) is 37.4 Å². The van der Waals surface area contributed by atoms with Gasteiger partial charge in [0.1, 0.15) is 6.26 Å². The van der Waals surface area contributed by atoms with Crippen LogP contribution < -0.4 is 15.4 Å². The van der Waals surface area contributed by atoms with Crippen LogP contribution in [0.3, 0.4) is 0 Å². The maximum absolute atomic E-state index is 12.5. The van der Waals surface area contributed by atoms with Crippen LogP contribution in [0.2, 0.25) is 0 Å². The number of fused-ring (bicyclic) bond motifs is 1. The third kappa shape index (κ3) is 3.15. The van der Waals surface area contributed by atoms with Gasteiger partial charge in [0.2, 0.25) is 0 Å². The van der Waals surface area contributed by atoms with Crippen LogP contribution in [-0.4, -0.2) is 54.4 Å². The molecule has 0 spiro atoms. The molecule has 1 saturated heterocycles. The van der Waals surface area contributed by atoms with Crippen LogP contribution in [0, 0.1) is 0 Å². The molecule has 26 heavy (non-hydrogen) atoms. The van der Waals surface area contributed by atoms with Gasteiger partial charge >= 0.3 is 0 Å². The van der Waals surface area contributed by atoms with E-state index in [1.165, 1.54) is 0 Å². The summed E-state index contributed by atoms with van der Waals surface area (Å²) in [7, 11) is 1.62. The monoisotopic (exact) mass is 355 g/mol. The standard InChI is InChI=1S/C18H21N5O3/c1-25-11-9-23-13-20-16-12-14(2-3-15(16)17(23)24)21-5-7-22(8-6-21)18-19-4-10-26-18/h2-4,10,12-13H,5-9,11H2,1H3. The molecule has 0 saturated carbocycles. The summed E-state index contributed by atoms with van der Waals surface area (Å²) in [6, 6.07) is 6.51. The minimum Gasteiger partial charge on any atom is -0.432 e. The zero-order valence-electron chi connectivity index (χ0n) is 14.7. The Morgan fingerprint density at radius 3 is 2.69 bits per heavy atom. The SMILES string of the molecule is COCCn1cnc2cc(N3CCN(c4ncco4)CC3)ccc2c1=O. The lowest BCUT2D eigenvalue weighted by molar-refractivity contribution is 0.186. The van der Waals surface area contributed by atoms with Crippen LogP contribution in [0.15, 0.2) is 46.2 Å². The summed E-state index contributed by atoms with van der Waals surface area (Å²) in [6.45, 7) is 4.38. The molecule has 8 nitrogen and oxygen atoms in total. The van der Waals surface area contributed by atoms with Crippen molar-refractivity contribution < 1.29 is 9.15 Å². The highest BCUT2D eigenvalue weighted by molar-refractivity contribution is 5.81. The summed E-state index contributed by atoms with van der Waals surface area (Å²) < 4.78 is 12.0. The van der Waals surface area contributed by atoms with Gasteiger partial charge in [0.25, 0.3) is 11.6 Å². The molecule has 1 aliphatic rings. The first-order valence-corrected chi connectivity index (χ1v) is 8.64. The number of anilines is 2. The van der Waals surface area contributed by atoms with Crippen molar-refractivity contribution in [2.45, 2.75) is 6.54 Å². The van der Waals surface area contributed by atoms with Gasteiger partial charge in [-0.25, -0.2) is 9.97 Å². The van der Waals surface area contributed by atoms with Gasteiger partial charge in [-0.05, 0) is 18.2 Å². The largest absolute Gasteiger partial charge is 0.432 e. The predicted molar refractivity (Wildman–Crippen MR) is 98.8 cm³/mol. The number of aromatic nitrogens is 3. The Kier molecular flexibility index (Phi) is 4.57. The van der Waals surface area contributed by atoms with E-state index in [-0.39, 0.29) is 5.56 Å². The fourth-order valence-corrected chi connectivity index (χ4v) is 3.22. The summed E-state index contributed by atoms with van der Waals surface area (Å²) >= 11 is 0. The van der Waals surface area contributed by atoms with Crippen molar-refractivity contribution in [1.29, 1.82) is 0 Å². The molecule has 0 amide bonds. The lowest BCUT2D eigenvalue weighted by Crippen LogP contribution is -2.46. The van der Waals surface area contributed by atoms with Crippen molar-refractivity contribution in [1.82, 2.24) is 14.5 Å². The second-order valence-electron chi connectivity index (χ2n) is 6.23. The van der Waals surface area contributed by atoms with Crippen molar-refractivity contribution in [3.8, 4) is 0 Å². The lowest BCUT2D eigenvalue weighted by atomic mass is 10.2. The first-order valence-electron chi connectivity index (χ1n) is 8.64. The summed E-state index contributed by atoms with van der Waals surface area (Å²) in [5.41, 5.74) is 1.76. The van der Waals surface area contributed by atoms with Crippen LogP contribution in [0.5, 0.6) is 0 Å². The van der Waals surface area contributed by atoms with E-state index < -0.39 is 0 Å². The summed E-state index contributed by atoms with van der Waals surface area (Å²) in [4.78, 5) is 25.6. The quantitative estimate of drug-likeness (QED) is 0.684. The van der Waals surface area contributed by atoms with Crippen LogP contribution in [0.1, 0.15) is 0 Å². The van der Waals surface area contributed by atoms with E-state index in [4.69, 9.17) is 9.15 Å². The van der Waals surface area contributed by atoms with Crippen LogP contribution in [-0.2, 0) is 11.3 Å². The van der Waals surface area contributed by atoms with E-state index in [2.05, 4.69) is 19.8 Å². The molecule has 0 aliphatic carbocycles. The smallest absolute Gasteiger partial charge is 0.297 e. The van der Waals surface area contributed by atoms with Gasteiger partial charge in [0.05, 0.1) is 36.6 Å². The first-order chi connectivity index (χ1) is 12.8. The number of nitrogens with zero attached hydrogens (tertiary/aromatic N) is 5. The Morgan fingerprint density at radius 2 is 1.96 bits per heavy atom. The third-order valence-electron chi connectivity index (χ3n) is 4.68. The van der Waals surface area contributed by atoms with E-state index in [1.807, 2.05) is 18.2 Å². The number of hydrogen-bond donors (Lipinski definition) is 0. The van der Waals surface area contributed by atoms with Gasteiger partial charge in [-0.2, -0.15) is 0 Å². The topological polar surface area (TPSA) is 76.6 Å². The fraction of sp³-hybridized carbons (Fsp3) is 0.389. The Balaban J connectivity index is 1.52. The van der Waals surface area contributed by atoms with Crippen molar-refractivity contribution in [2.75, 3.05) is 49.7 Å². The molecule has 3 heterocycles. The number of benzene rings is 1. The molecule has 0 N–H and O–H groups in total. The molecule has 8 heteroatoms. The molecule has 0 radical (unpaired) electrons. The maximum atomic E-state index is 12.5. The van der Waals surface area contributed by atoms with Gasteiger partial charge < -0.3 is 19.0 Å².